The van der Waals surface area contributed by atoms with E-state index in [1.165, 1.54) is 11.8 Å². The van der Waals surface area contributed by atoms with E-state index in [1.54, 1.807) is 18.4 Å². The SMILES string of the molecule is CSC=O.O=[N+]([O-])c1ccc(-c2ccccc2)c(-c2ccccc2)c1. The van der Waals surface area contributed by atoms with Crippen LogP contribution >= 0.6 is 11.8 Å². The molecule has 5 heteroatoms. The lowest BCUT2D eigenvalue weighted by molar-refractivity contribution is -0.384. The Kier molecular flexibility index (Phi) is 6.92. The first-order chi connectivity index (χ1) is 12.2. The number of non-ortho nitro benzene ring substituents is 1. The van der Waals surface area contributed by atoms with Crippen molar-refractivity contribution in [2.24, 2.45) is 0 Å². The Morgan fingerprint density at radius 2 is 1.32 bits per heavy atom. The van der Waals surface area contributed by atoms with Crippen molar-refractivity contribution in [3.63, 3.8) is 0 Å². The summed E-state index contributed by atoms with van der Waals surface area (Å²) in [6, 6.07) is 24.6. The highest BCUT2D eigenvalue weighted by Crippen LogP contribution is 2.34. The second-order valence-corrected chi connectivity index (χ2v) is 5.71. The smallest absolute Gasteiger partial charge is 0.270 e. The van der Waals surface area contributed by atoms with Gasteiger partial charge in [-0.1, -0.05) is 72.4 Å². The van der Waals surface area contributed by atoms with E-state index >= 15 is 0 Å². The molecule has 0 saturated heterocycles. The van der Waals surface area contributed by atoms with Gasteiger partial charge in [0.1, 0.15) is 0 Å². The van der Waals surface area contributed by atoms with Crippen molar-refractivity contribution in [3.05, 3.63) is 89.0 Å². The average molecular weight is 351 g/mol. The predicted molar refractivity (Wildman–Crippen MR) is 104 cm³/mol. The lowest BCUT2D eigenvalue weighted by atomic mass is 9.94. The largest absolute Gasteiger partial charge is 0.291 e. The predicted octanol–water partition coefficient (Wildman–Crippen LogP) is 5.47. The molecule has 0 heterocycles. The Bertz CT molecular complexity index is 836. The third-order valence-corrected chi connectivity index (χ3v) is 3.67. The number of nitro groups is 1. The maximum absolute atomic E-state index is 11.0. The van der Waals surface area contributed by atoms with Crippen molar-refractivity contribution >= 4 is 23.1 Å². The third-order valence-electron chi connectivity index (χ3n) is 3.48. The van der Waals surface area contributed by atoms with Crippen LogP contribution in [0.15, 0.2) is 78.9 Å². The van der Waals surface area contributed by atoms with Gasteiger partial charge in [-0.25, -0.2) is 0 Å². The molecular weight excluding hydrogens is 334 g/mol. The number of nitrogens with zero attached hydrogens (tertiary/aromatic N) is 1. The van der Waals surface area contributed by atoms with Gasteiger partial charge < -0.3 is 0 Å². The Labute approximate surface area is 150 Å². The highest BCUT2D eigenvalue weighted by atomic mass is 32.2. The molecule has 0 unspecified atom stereocenters. The van der Waals surface area contributed by atoms with Crippen LogP contribution in [0.1, 0.15) is 0 Å². The normalized spacial score (nSPS) is 9.64. The number of benzene rings is 3. The maximum Gasteiger partial charge on any atom is 0.270 e. The Morgan fingerprint density at radius 3 is 1.76 bits per heavy atom. The van der Waals surface area contributed by atoms with Gasteiger partial charge in [-0.3, -0.25) is 14.9 Å². The van der Waals surface area contributed by atoms with Gasteiger partial charge in [-0.2, -0.15) is 0 Å². The van der Waals surface area contributed by atoms with E-state index < -0.39 is 0 Å². The summed E-state index contributed by atoms with van der Waals surface area (Å²) in [7, 11) is 0. The van der Waals surface area contributed by atoms with E-state index in [1.807, 2.05) is 66.7 Å². The average Bonchev–Trinajstić information content (AvgIpc) is 2.69. The lowest BCUT2D eigenvalue weighted by Gasteiger charge is -2.10. The van der Waals surface area contributed by atoms with Crippen molar-refractivity contribution in [2.75, 3.05) is 6.26 Å². The quantitative estimate of drug-likeness (QED) is 0.355. The number of hydrogen-bond donors (Lipinski definition) is 0. The van der Waals surface area contributed by atoms with Crippen LogP contribution in [0, 0.1) is 10.1 Å². The molecule has 0 spiro atoms. The third kappa shape index (κ3) is 5.02. The standard InChI is InChI=1S/C18H13NO2.C2H4OS/c20-19(21)16-11-12-17(14-7-3-1-4-8-14)18(13-16)15-9-5-2-6-10-15;1-4-2-3/h1-13H;2H,1H3. The van der Waals surface area contributed by atoms with Crippen LogP contribution in [0.3, 0.4) is 0 Å². The molecule has 0 amide bonds. The van der Waals surface area contributed by atoms with Crippen LogP contribution in [0.4, 0.5) is 5.69 Å². The Hall–Kier alpha value is -2.92. The van der Waals surface area contributed by atoms with E-state index in [0.717, 1.165) is 27.9 Å². The van der Waals surface area contributed by atoms with Crippen LogP contribution in [0.5, 0.6) is 0 Å². The zero-order chi connectivity index (χ0) is 18.1. The molecule has 0 aliphatic heterocycles. The van der Waals surface area contributed by atoms with Gasteiger partial charge in [0.2, 0.25) is 0 Å². The number of carbonyl (C=O) groups excluding carboxylic acids is 1. The second kappa shape index (κ2) is 9.39. The summed E-state index contributed by atoms with van der Waals surface area (Å²) in [5.74, 6) is 0. The summed E-state index contributed by atoms with van der Waals surface area (Å²) in [4.78, 5) is 19.8. The van der Waals surface area contributed by atoms with E-state index in [4.69, 9.17) is 4.79 Å². The molecule has 0 aromatic heterocycles. The zero-order valence-electron chi connectivity index (χ0n) is 13.7. The van der Waals surface area contributed by atoms with E-state index in [-0.39, 0.29) is 10.6 Å². The number of carbonyl (C=O) groups is 1. The molecule has 0 radical (unpaired) electrons. The van der Waals surface area contributed by atoms with Crippen LogP contribution in [-0.4, -0.2) is 16.8 Å². The monoisotopic (exact) mass is 351 g/mol. The summed E-state index contributed by atoms with van der Waals surface area (Å²) in [6.07, 6.45) is 1.73. The fraction of sp³-hybridized carbons (Fsp3) is 0.0500. The Balaban J connectivity index is 0.000000511. The molecule has 0 bridgehead atoms. The molecule has 0 aliphatic rings. The van der Waals surface area contributed by atoms with Crippen molar-refractivity contribution in [2.45, 2.75) is 0 Å². The molecule has 3 rings (SSSR count). The molecule has 126 valence electrons. The minimum atomic E-state index is -0.360. The lowest BCUT2D eigenvalue weighted by Crippen LogP contribution is -1.91. The van der Waals surface area contributed by atoms with Crippen molar-refractivity contribution < 1.29 is 9.72 Å². The topological polar surface area (TPSA) is 60.2 Å². The summed E-state index contributed by atoms with van der Waals surface area (Å²) in [6.45, 7) is 0. The summed E-state index contributed by atoms with van der Waals surface area (Å²) in [5.41, 5.74) is 4.78. The van der Waals surface area contributed by atoms with E-state index in [0.29, 0.717) is 0 Å². The molecule has 3 aromatic rings. The number of nitro benzene ring substituents is 1. The summed E-state index contributed by atoms with van der Waals surface area (Å²) >= 11 is 1.18. The fourth-order valence-corrected chi connectivity index (χ4v) is 2.37. The van der Waals surface area contributed by atoms with Crippen molar-refractivity contribution in [1.82, 2.24) is 0 Å². The maximum atomic E-state index is 11.0. The van der Waals surface area contributed by atoms with Crippen LogP contribution in [0.2, 0.25) is 0 Å². The highest BCUT2D eigenvalue weighted by molar-refractivity contribution is 8.11. The molecule has 3 aromatic carbocycles. The molecule has 4 nitrogen and oxygen atoms in total. The van der Waals surface area contributed by atoms with E-state index in [9.17, 15) is 10.1 Å². The number of thioether (sulfide) groups is 1. The van der Waals surface area contributed by atoms with Gasteiger partial charge in [0.25, 0.3) is 5.69 Å². The molecule has 0 saturated carbocycles. The van der Waals surface area contributed by atoms with Crippen LogP contribution < -0.4 is 0 Å². The first-order valence-corrected chi connectivity index (χ1v) is 8.82. The highest BCUT2D eigenvalue weighted by Gasteiger charge is 2.13. The van der Waals surface area contributed by atoms with Crippen molar-refractivity contribution in [3.8, 4) is 22.3 Å². The number of rotatable bonds is 4. The second-order valence-electron chi connectivity index (χ2n) is 5.05. The molecule has 25 heavy (non-hydrogen) atoms. The van der Waals surface area contributed by atoms with Gasteiger partial charge in [0, 0.05) is 12.1 Å². The van der Waals surface area contributed by atoms with Crippen molar-refractivity contribution in [1.29, 1.82) is 0 Å². The minimum Gasteiger partial charge on any atom is -0.291 e. The van der Waals surface area contributed by atoms with Gasteiger partial charge in [-0.15, -0.1) is 0 Å². The number of hydrogen-bond acceptors (Lipinski definition) is 4. The fourth-order valence-electron chi connectivity index (χ4n) is 2.37. The first kappa shape index (κ1) is 18.4. The minimum absolute atomic E-state index is 0.105. The molecule has 0 N–H and O–H groups in total. The molecule has 0 atom stereocenters. The van der Waals surface area contributed by atoms with Gasteiger partial charge in [0.15, 0.2) is 5.62 Å². The van der Waals surface area contributed by atoms with Gasteiger partial charge in [0.05, 0.1) is 4.92 Å². The summed E-state index contributed by atoms with van der Waals surface area (Å²) in [5, 5.41) is 11.0. The summed E-state index contributed by atoms with van der Waals surface area (Å²) < 4.78 is 0. The van der Waals surface area contributed by atoms with E-state index in [2.05, 4.69) is 0 Å². The van der Waals surface area contributed by atoms with Gasteiger partial charge in [-0.05, 0) is 34.6 Å². The molecular formula is C20H17NO3S. The first-order valence-electron chi connectivity index (χ1n) is 7.53. The molecule has 0 aliphatic carbocycles. The molecule has 0 fully saturated rings. The Morgan fingerprint density at radius 1 is 0.840 bits per heavy atom. The van der Waals surface area contributed by atoms with Crippen LogP contribution in [-0.2, 0) is 4.79 Å². The van der Waals surface area contributed by atoms with Crippen LogP contribution in [0.25, 0.3) is 22.3 Å². The van der Waals surface area contributed by atoms with Gasteiger partial charge >= 0.3 is 0 Å². The zero-order valence-corrected chi connectivity index (χ0v) is 14.5.